The minimum absolute atomic E-state index is 0.0824. The number of rotatable bonds is 1. The Morgan fingerprint density at radius 1 is 1.69 bits per heavy atom. The third-order valence-electron chi connectivity index (χ3n) is 1.99. The fourth-order valence-corrected chi connectivity index (χ4v) is 2.40. The number of carboxylic acid groups (broad SMARTS) is 1. The van der Waals surface area contributed by atoms with Crippen LogP contribution in [-0.2, 0) is 9.59 Å². The number of amides is 1. The molecule has 0 bridgehead atoms. The van der Waals surface area contributed by atoms with Gasteiger partial charge in [-0.1, -0.05) is 11.8 Å². The van der Waals surface area contributed by atoms with Gasteiger partial charge in [0.15, 0.2) is 5.17 Å². The zero-order chi connectivity index (χ0) is 9.42. The molecule has 1 amide bonds. The summed E-state index contributed by atoms with van der Waals surface area (Å²) in [6, 6.07) is 0. The second-order valence-corrected chi connectivity index (χ2v) is 4.03. The number of carbonyl (C=O) groups is 2. The predicted molar refractivity (Wildman–Crippen MR) is 47.6 cm³/mol. The summed E-state index contributed by atoms with van der Waals surface area (Å²) in [4.78, 5) is 27.6. The van der Waals surface area contributed by atoms with Gasteiger partial charge in [-0.2, -0.15) is 0 Å². The van der Waals surface area contributed by atoms with Crippen LogP contribution in [0.2, 0.25) is 0 Å². The molecule has 2 rings (SSSR count). The maximum atomic E-state index is 11.4. The first-order valence-corrected chi connectivity index (χ1v) is 4.81. The Hall–Kier alpha value is -1.04. The van der Waals surface area contributed by atoms with Crippen molar-refractivity contribution in [1.82, 2.24) is 4.90 Å². The summed E-state index contributed by atoms with van der Waals surface area (Å²) in [5.74, 6) is -1.06. The first-order chi connectivity index (χ1) is 6.18. The number of carbonyl (C=O) groups excluding carboxylic acids is 1. The third kappa shape index (κ3) is 1.41. The molecule has 2 aliphatic heterocycles. The molecule has 70 valence electrons. The number of fused-ring (bicyclic) bond motifs is 1. The Morgan fingerprint density at radius 3 is 3.15 bits per heavy atom. The van der Waals surface area contributed by atoms with E-state index in [2.05, 4.69) is 4.99 Å². The van der Waals surface area contributed by atoms with Gasteiger partial charge in [-0.25, -0.2) is 0 Å². The van der Waals surface area contributed by atoms with Crippen molar-refractivity contribution in [1.29, 1.82) is 0 Å². The maximum absolute atomic E-state index is 11.4. The number of thioether (sulfide) groups is 1. The molecule has 0 saturated carbocycles. The number of aliphatic imine (C=N–C) groups is 1. The fraction of sp³-hybridized carbons (Fsp3) is 0.571. The Kier molecular flexibility index (Phi) is 1.99. The van der Waals surface area contributed by atoms with Gasteiger partial charge >= 0.3 is 5.97 Å². The quantitative estimate of drug-likeness (QED) is 0.635. The van der Waals surface area contributed by atoms with Crippen LogP contribution in [0.5, 0.6) is 0 Å². The summed E-state index contributed by atoms with van der Waals surface area (Å²) in [6.07, 6.45) is 0.0824. The molecule has 1 atom stereocenters. The number of hydrogen-bond acceptors (Lipinski definition) is 4. The summed E-state index contributed by atoms with van der Waals surface area (Å²) in [5.41, 5.74) is 0. The van der Waals surface area contributed by atoms with Crippen LogP contribution in [0.1, 0.15) is 6.42 Å². The average Bonchev–Trinajstić information content (AvgIpc) is 2.51. The summed E-state index contributed by atoms with van der Waals surface area (Å²) >= 11 is 1.17. The number of aliphatic carboxylic acids is 1. The van der Waals surface area contributed by atoms with Gasteiger partial charge in [0.2, 0.25) is 5.91 Å². The van der Waals surface area contributed by atoms with E-state index in [0.29, 0.717) is 18.3 Å². The largest absolute Gasteiger partial charge is 0.480 e. The lowest BCUT2D eigenvalue weighted by Gasteiger charge is -2.25. The Balaban J connectivity index is 2.17. The van der Waals surface area contributed by atoms with E-state index >= 15 is 0 Å². The Morgan fingerprint density at radius 2 is 2.46 bits per heavy atom. The highest BCUT2D eigenvalue weighted by molar-refractivity contribution is 8.15. The van der Waals surface area contributed by atoms with Crippen molar-refractivity contribution in [2.45, 2.75) is 11.7 Å². The summed E-state index contributed by atoms with van der Waals surface area (Å²) in [6.45, 7) is 1.20. The molecule has 2 heterocycles. The molecule has 1 N–H and O–H groups in total. The van der Waals surface area contributed by atoms with Crippen LogP contribution in [0.25, 0.3) is 0 Å². The molecular formula is C7H8N2O3S. The maximum Gasteiger partial charge on any atom is 0.317 e. The molecular weight excluding hydrogens is 192 g/mol. The number of nitrogens with zero attached hydrogens (tertiary/aromatic N) is 2. The minimum atomic E-state index is -0.937. The Bertz CT molecular complexity index is 302. The zero-order valence-corrected chi connectivity index (χ0v) is 7.58. The standard InChI is InChI=1S/C7H8N2O3S/c10-5-3-4(6(11)12)13-7-8-1-2-9(5)7/h4H,1-3H2,(H,11,12)/t4-/m1/s1. The highest BCUT2D eigenvalue weighted by Crippen LogP contribution is 2.28. The van der Waals surface area contributed by atoms with Crippen LogP contribution < -0.4 is 0 Å². The molecule has 0 aromatic heterocycles. The van der Waals surface area contributed by atoms with E-state index in [4.69, 9.17) is 5.11 Å². The second kappa shape index (κ2) is 3.02. The van der Waals surface area contributed by atoms with E-state index in [1.54, 1.807) is 4.90 Å². The van der Waals surface area contributed by atoms with Gasteiger partial charge in [-0.3, -0.25) is 19.5 Å². The van der Waals surface area contributed by atoms with Gasteiger partial charge in [-0.15, -0.1) is 0 Å². The minimum Gasteiger partial charge on any atom is -0.480 e. The van der Waals surface area contributed by atoms with E-state index in [1.807, 2.05) is 0 Å². The van der Waals surface area contributed by atoms with Crippen molar-refractivity contribution in [2.24, 2.45) is 4.99 Å². The highest BCUT2D eigenvalue weighted by atomic mass is 32.2. The number of amidine groups is 1. The van der Waals surface area contributed by atoms with Crippen LogP contribution in [-0.4, -0.2) is 45.4 Å². The normalized spacial score (nSPS) is 27.1. The van der Waals surface area contributed by atoms with E-state index in [0.717, 1.165) is 0 Å². The topological polar surface area (TPSA) is 70.0 Å². The van der Waals surface area contributed by atoms with Gasteiger partial charge in [0, 0.05) is 6.54 Å². The molecule has 0 aliphatic carbocycles. The summed E-state index contributed by atoms with van der Waals surface area (Å²) in [5, 5.41) is 8.65. The molecule has 0 unspecified atom stereocenters. The number of hydrogen-bond donors (Lipinski definition) is 1. The molecule has 1 saturated heterocycles. The molecule has 0 aromatic rings. The van der Waals surface area contributed by atoms with Gasteiger partial charge in [0.05, 0.1) is 13.0 Å². The van der Waals surface area contributed by atoms with E-state index in [9.17, 15) is 9.59 Å². The molecule has 1 fully saturated rings. The zero-order valence-electron chi connectivity index (χ0n) is 6.77. The summed E-state index contributed by atoms with van der Waals surface area (Å²) < 4.78 is 0. The van der Waals surface area contributed by atoms with Crippen molar-refractivity contribution >= 4 is 28.8 Å². The van der Waals surface area contributed by atoms with Crippen molar-refractivity contribution in [3.63, 3.8) is 0 Å². The van der Waals surface area contributed by atoms with Crippen LogP contribution in [0.15, 0.2) is 4.99 Å². The smallest absolute Gasteiger partial charge is 0.317 e. The van der Waals surface area contributed by atoms with Crippen molar-refractivity contribution < 1.29 is 14.7 Å². The predicted octanol–water partition coefficient (Wildman–Crippen LogP) is -0.225. The van der Waals surface area contributed by atoms with Gasteiger partial charge in [0.25, 0.3) is 0 Å². The summed E-state index contributed by atoms with van der Waals surface area (Å²) in [7, 11) is 0. The first kappa shape index (κ1) is 8.55. The molecule has 5 nitrogen and oxygen atoms in total. The van der Waals surface area contributed by atoms with Crippen LogP contribution in [0.4, 0.5) is 0 Å². The highest BCUT2D eigenvalue weighted by Gasteiger charge is 2.37. The lowest BCUT2D eigenvalue weighted by atomic mass is 10.2. The van der Waals surface area contributed by atoms with Crippen molar-refractivity contribution in [3.8, 4) is 0 Å². The second-order valence-electron chi connectivity index (χ2n) is 2.86. The average molecular weight is 200 g/mol. The van der Waals surface area contributed by atoms with Crippen LogP contribution >= 0.6 is 11.8 Å². The van der Waals surface area contributed by atoms with Gasteiger partial charge in [-0.05, 0) is 0 Å². The van der Waals surface area contributed by atoms with E-state index in [1.165, 1.54) is 11.8 Å². The van der Waals surface area contributed by atoms with Crippen LogP contribution in [0.3, 0.4) is 0 Å². The van der Waals surface area contributed by atoms with E-state index in [-0.39, 0.29) is 12.3 Å². The lowest BCUT2D eigenvalue weighted by Crippen LogP contribution is -2.42. The van der Waals surface area contributed by atoms with E-state index < -0.39 is 11.2 Å². The van der Waals surface area contributed by atoms with Crippen molar-refractivity contribution in [2.75, 3.05) is 13.1 Å². The lowest BCUT2D eigenvalue weighted by molar-refractivity contribution is -0.139. The molecule has 6 heteroatoms. The monoisotopic (exact) mass is 200 g/mol. The van der Waals surface area contributed by atoms with Crippen LogP contribution in [0, 0.1) is 0 Å². The Labute approximate surface area is 78.8 Å². The third-order valence-corrected chi connectivity index (χ3v) is 3.20. The molecule has 13 heavy (non-hydrogen) atoms. The number of carboxylic acids is 1. The first-order valence-electron chi connectivity index (χ1n) is 3.93. The molecule has 0 spiro atoms. The molecule has 2 aliphatic rings. The SMILES string of the molecule is O=C(O)[C@H]1CC(=O)N2CCN=C2S1. The molecule has 0 radical (unpaired) electrons. The molecule has 0 aromatic carbocycles. The van der Waals surface area contributed by atoms with Crippen molar-refractivity contribution in [3.05, 3.63) is 0 Å². The van der Waals surface area contributed by atoms with Gasteiger partial charge in [0.1, 0.15) is 5.25 Å². The fourth-order valence-electron chi connectivity index (χ4n) is 1.33. The van der Waals surface area contributed by atoms with Gasteiger partial charge < -0.3 is 5.11 Å².